The highest BCUT2D eigenvalue weighted by atomic mass is 16.6. The van der Waals surface area contributed by atoms with Crippen LogP contribution in [-0.4, -0.2) is 30.8 Å². The fourth-order valence-electron chi connectivity index (χ4n) is 4.38. The fraction of sp³-hybridized carbons (Fsp3) is 0.304. The minimum absolute atomic E-state index is 0.0252. The quantitative estimate of drug-likeness (QED) is 0.530. The third-order valence-electron chi connectivity index (χ3n) is 5.79. The van der Waals surface area contributed by atoms with E-state index in [1.54, 1.807) is 19.2 Å². The van der Waals surface area contributed by atoms with Crippen LogP contribution in [0.5, 0.6) is 11.5 Å². The van der Waals surface area contributed by atoms with Crippen molar-refractivity contribution in [2.24, 2.45) is 0 Å². The third kappa shape index (κ3) is 3.65. The summed E-state index contributed by atoms with van der Waals surface area (Å²) >= 11 is 0. The molecule has 0 bridgehead atoms. The van der Waals surface area contributed by atoms with Gasteiger partial charge < -0.3 is 9.47 Å². The minimum atomic E-state index is -0.538. The molecule has 1 amide bonds. The van der Waals surface area contributed by atoms with Crippen LogP contribution < -0.4 is 14.4 Å². The number of anilines is 1. The second kappa shape index (κ2) is 8.22. The molecular weight excluding hydrogens is 400 g/mol. The van der Waals surface area contributed by atoms with Crippen molar-refractivity contribution in [1.29, 1.82) is 0 Å². The smallest absolute Gasteiger partial charge is 0.297 e. The number of hydrogen-bond donors (Lipinski definition) is 0. The summed E-state index contributed by atoms with van der Waals surface area (Å²) in [5, 5.41) is 11.7. The summed E-state index contributed by atoms with van der Waals surface area (Å²) in [6.07, 6.45) is 1.53. The van der Waals surface area contributed by atoms with Gasteiger partial charge in [-0.05, 0) is 42.7 Å². The number of methoxy groups -OCH3 is 2. The van der Waals surface area contributed by atoms with Crippen LogP contribution >= 0.6 is 0 Å². The summed E-state index contributed by atoms with van der Waals surface area (Å²) in [4.78, 5) is 38.9. The van der Waals surface area contributed by atoms with Gasteiger partial charge in [0.05, 0.1) is 25.2 Å². The molecule has 4 rings (SSSR count). The molecular formula is C23H22N2O6. The average Bonchev–Trinajstić information content (AvgIpc) is 2.78. The molecule has 0 fully saturated rings. The molecule has 1 atom stereocenters. The second-order valence-electron chi connectivity index (χ2n) is 7.51. The van der Waals surface area contributed by atoms with E-state index < -0.39 is 10.8 Å². The number of Topliss-reactive ketones (excluding diaryl/α,β-unsaturated/α-hetero) is 1. The van der Waals surface area contributed by atoms with E-state index >= 15 is 0 Å². The van der Waals surface area contributed by atoms with Gasteiger partial charge in [-0.15, -0.1) is 0 Å². The Morgan fingerprint density at radius 3 is 2.48 bits per heavy atom. The highest BCUT2D eigenvalue weighted by molar-refractivity contribution is 6.08. The summed E-state index contributed by atoms with van der Waals surface area (Å²) in [6.45, 7) is 0. The lowest BCUT2D eigenvalue weighted by Crippen LogP contribution is -2.40. The highest BCUT2D eigenvalue weighted by Crippen LogP contribution is 2.46. The van der Waals surface area contributed by atoms with Crippen molar-refractivity contribution >= 4 is 23.1 Å². The number of carbonyl (C=O) groups excluding carboxylic acids is 2. The number of allylic oxidation sites excluding steroid dienone is 2. The zero-order valence-corrected chi connectivity index (χ0v) is 17.3. The molecule has 0 saturated carbocycles. The first-order chi connectivity index (χ1) is 14.9. The Morgan fingerprint density at radius 2 is 1.77 bits per heavy atom. The van der Waals surface area contributed by atoms with Gasteiger partial charge in [-0.1, -0.05) is 12.1 Å². The van der Waals surface area contributed by atoms with Crippen molar-refractivity contribution in [3.63, 3.8) is 0 Å². The molecule has 0 N–H and O–H groups in total. The van der Waals surface area contributed by atoms with E-state index in [9.17, 15) is 19.7 Å². The monoisotopic (exact) mass is 422 g/mol. The summed E-state index contributed by atoms with van der Waals surface area (Å²) in [5.74, 6) is 0.253. The van der Waals surface area contributed by atoms with Crippen LogP contribution in [0.15, 0.2) is 53.7 Å². The number of benzene rings is 2. The Hall–Kier alpha value is -3.68. The Bertz CT molecular complexity index is 1110. The van der Waals surface area contributed by atoms with Gasteiger partial charge in [0.15, 0.2) is 5.78 Å². The van der Waals surface area contributed by atoms with E-state index in [2.05, 4.69) is 0 Å². The molecule has 1 aliphatic carbocycles. The maximum absolute atomic E-state index is 13.3. The molecule has 2 aromatic rings. The first kappa shape index (κ1) is 20.6. The van der Waals surface area contributed by atoms with Crippen LogP contribution in [0.4, 0.5) is 11.4 Å². The molecule has 8 heteroatoms. The molecule has 160 valence electrons. The number of nitro groups is 1. The lowest BCUT2D eigenvalue weighted by atomic mass is 9.77. The van der Waals surface area contributed by atoms with Crippen molar-refractivity contribution in [3.8, 4) is 11.5 Å². The zero-order chi connectivity index (χ0) is 22.1. The molecule has 0 radical (unpaired) electrons. The molecule has 31 heavy (non-hydrogen) atoms. The predicted molar refractivity (Wildman–Crippen MR) is 113 cm³/mol. The first-order valence-corrected chi connectivity index (χ1v) is 10.00. The minimum Gasteiger partial charge on any atom is -0.497 e. The Kier molecular flexibility index (Phi) is 5.46. The molecule has 0 aromatic heterocycles. The number of hydrogen-bond acceptors (Lipinski definition) is 6. The van der Waals surface area contributed by atoms with Crippen LogP contribution in [0.3, 0.4) is 0 Å². The number of rotatable bonds is 5. The number of carbonyl (C=O) groups is 2. The van der Waals surface area contributed by atoms with Crippen molar-refractivity contribution in [1.82, 2.24) is 0 Å². The number of ether oxygens (including phenoxy) is 2. The third-order valence-corrected chi connectivity index (χ3v) is 5.79. The van der Waals surface area contributed by atoms with E-state index in [0.29, 0.717) is 42.0 Å². The number of amides is 1. The van der Waals surface area contributed by atoms with Gasteiger partial charge in [0, 0.05) is 30.0 Å². The topological polar surface area (TPSA) is 99.0 Å². The molecule has 1 unspecified atom stereocenters. The maximum atomic E-state index is 13.3. The van der Waals surface area contributed by atoms with Crippen LogP contribution in [-0.2, 0) is 9.59 Å². The normalized spacial score (nSPS) is 18.6. The van der Waals surface area contributed by atoms with E-state index in [1.165, 1.54) is 24.1 Å². The molecule has 2 aliphatic rings. The summed E-state index contributed by atoms with van der Waals surface area (Å²) < 4.78 is 10.4. The molecule has 8 nitrogen and oxygen atoms in total. The van der Waals surface area contributed by atoms with Crippen molar-refractivity contribution in [2.45, 2.75) is 31.6 Å². The van der Waals surface area contributed by atoms with Gasteiger partial charge in [-0.2, -0.15) is 0 Å². The average molecular weight is 422 g/mol. The van der Waals surface area contributed by atoms with Crippen molar-refractivity contribution in [2.75, 3.05) is 19.1 Å². The summed E-state index contributed by atoms with van der Waals surface area (Å²) in [5.41, 5.74) is 1.84. The largest absolute Gasteiger partial charge is 0.497 e. The molecule has 0 saturated heterocycles. The van der Waals surface area contributed by atoms with E-state index in [4.69, 9.17) is 9.47 Å². The maximum Gasteiger partial charge on any atom is 0.297 e. The van der Waals surface area contributed by atoms with E-state index in [0.717, 1.165) is 5.56 Å². The lowest BCUT2D eigenvalue weighted by molar-refractivity contribution is -0.384. The highest BCUT2D eigenvalue weighted by Gasteiger charge is 2.41. The van der Waals surface area contributed by atoms with Crippen LogP contribution in [0, 0.1) is 10.1 Å². The van der Waals surface area contributed by atoms with Crippen LogP contribution in [0.1, 0.15) is 37.2 Å². The molecule has 0 spiro atoms. The SMILES string of the molecule is COc1cccc(C2CC(=O)N(c3ccc(OC)cc3[N+](=O)[O-])C3=C2C(=O)CCC3)c1. The Morgan fingerprint density at radius 1 is 1.03 bits per heavy atom. The Balaban J connectivity index is 1.89. The molecule has 1 aliphatic heterocycles. The van der Waals surface area contributed by atoms with Gasteiger partial charge in [0.2, 0.25) is 5.91 Å². The summed E-state index contributed by atoms with van der Waals surface area (Å²) in [7, 11) is 2.98. The molecule has 1 heterocycles. The predicted octanol–water partition coefficient (Wildman–Crippen LogP) is 4.14. The fourth-order valence-corrected chi connectivity index (χ4v) is 4.38. The van der Waals surface area contributed by atoms with E-state index in [-0.39, 0.29) is 29.5 Å². The zero-order valence-electron chi connectivity index (χ0n) is 17.3. The van der Waals surface area contributed by atoms with Gasteiger partial charge in [-0.25, -0.2) is 0 Å². The second-order valence-corrected chi connectivity index (χ2v) is 7.51. The van der Waals surface area contributed by atoms with Crippen molar-refractivity contribution < 1.29 is 24.0 Å². The summed E-state index contributed by atoms with van der Waals surface area (Å²) in [6, 6.07) is 11.7. The van der Waals surface area contributed by atoms with Gasteiger partial charge in [-0.3, -0.25) is 24.6 Å². The van der Waals surface area contributed by atoms with Gasteiger partial charge >= 0.3 is 0 Å². The van der Waals surface area contributed by atoms with E-state index in [1.807, 2.05) is 18.2 Å². The Labute approximate surface area is 179 Å². The standard InChI is InChI=1S/C23H22N2O6/c1-30-15-6-3-5-14(11-15)17-13-22(27)24(19-7-4-8-21(26)23(17)19)18-10-9-16(31-2)12-20(18)25(28)29/h3,5-6,9-12,17H,4,7-8,13H2,1-2H3. The lowest BCUT2D eigenvalue weighted by Gasteiger charge is -2.38. The molecule has 2 aromatic carbocycles. The van der Waals surface area contributed by atoms with Crippen molar-refractivity contribution in [3.05, 3.63) is 69.4 Å². The number of nitro benzene ring substituents is 1. The first-order valence-electron chi connectivity index (χ1n) is 10.00. The van der Waals surface area contributed by atoms with Crippen LogP contribution in [0.25, 0.3) is 0 Å². The van der Waals surface area contributed by atoms with Crippen LogP contribution in [0.2, 0.25) is 0 Å². The van der Waals surface area contributed by atoms with Gasteiger partial charge in [0.25, 0.3) is 5.69 Å². The number of ketones is 1. The number of nitrogens with zero attached hydrogens (tertiary/aromatic N) is 2. The van der Waals surface area contributed by atoms with Gasteiger partial charge in [0.1, 0.15) is 17.2 Å².